The molecular formula is C19H36IN3O2S. The van der Waals surface area contributed by atoms with E-state index >= 15 is 0 Å². The third-order valence-corrected chi connectivity index (χ3v) is 8.12. The van der Waals surface area contributed by atoms with Crippen molar-refractivity contribution >= 4 is 39.8 Å². The zero-order valence-electron chi connectivity index (χ0n) is 16.2. The van der Waals surface area contributed by atoms with Crippen LogP contribution in [0.1, 0.15) is 64.7 Å². The molecule has 7 heteroatoms. The highest BCUT2D eigenvalue weighted by molar-refractivity contribution is 14.0. The number of nitrogens with zero attached hydrogens (tertiary/aromatic N) is 2. The predicted molar refractivity (Wildman–Crippen MR) is 119 cm³/mol. The molecule has 1 aliphatic carbocycles. The Kier molecular flexibility index (Phi) is 8.50. The molecule has 3 aliphatic rings. The Labute approximate surface area is 176 Å². The maximum atomic E-state index is 11.7. The normalized spacial score (nSPS) is 28.4. The van der Waals surface area contributed by atoms with Crippen LogP contribution in [0.3, 0.4) is 0 Å². The lowest BCUT2D eigenvalue weighted by Crippen LogP contribution is -2.50. The first-order valence-corrected chi connectivity index (χ1v) is 12.1. The number of hydrogen-bond donors (Lipinski definition) is 1. The molecule has 0 aromatic carbocycles. The van der Waals surface area contributed by atoms with Crippen LogP contribution in [0.2, 0.25) is 0 Å². The number of rotatable bonds is 3. The van der Waals surface area contributed by atoms with Crippen molar-refractivity contribution in [3.05, 3.63) is 0 Å². The van der Waals surface area contributed by atoms with Gasteiger partial charge in [0.2, 0.25) is 0 Å². The molecular weight excluding hydrogens is 461 g/mol. The van der Waals surface area contributed by atoms with E-state index in [0.29, 0.717) is 23.5 Å². The minimum Gasteiger partial charge on any atom is -0.357 e. The third-order valence-electron chi connectivity index (χ3n) is 6.29. The third kappa shape index (κ3) is 5.97. The number of piperidine rings is 1. The molecule has 1 N–H and O–H groups in total. The van der Waals surface area contributed by atoms with Crippen LogP contribution in [0, 0.1) is 11.3 Å². The molecule has 0 amide bonds. The monoisotopic (exact) mass is 497 g/mol. The van der Waals surface area contributed by atoms with E-state index in [-0.39, 0.29) is 29.9 Å². The van der Waals surface area contributed by atoms with Crippen LogP contribution in [0.25, 0.3) is 0 Å². The molecule has 1 unspecified atom stereocenters. The second kappa shape index (κ2) is 9.94. The molecule has 3 fully saturated rings. The van der Waals surface area contributed by atoms with Gasteiger partial charge < -0.3 is 10.2 Å². The van der Waals surface area contributed by atoms with Crippen molar-refractivity contribution in [1.29, 1.82) is 0 Å². The van der Waals surface area contributed by atoms with Crippen LogP contribution in [0.4, 0.5) is 0 Å². The molecule has 0 aromatic heterocycles. The van der Waals surface area contributed by atoms with Crippen LogP contribution in [0.15, 0.2) is 4.99 Å². The zero-order chi connectivity index (χ0) is 17.8. The Morgan fingerprint density at radius 2 is 1.85 bits per heavy atom. The Morgan fingerprint density at radius 1 is 1.15 bits per heavy atom. The number of guanidine groups is 1. The van der Waals surface area contributed by atoms with Crippen LogP contribution >= 0.6 is 24.0 Å². The molecule has 1 spiro atoms. The fraction of sp³-hybridized carbons (Fsp3) is 0.947. The standard InChI is InChI=1S/C19H35N3O2S.HI/c1-2-20-18(21-14-17-8-13-25(23,24)15-17)22-12-7-11-19(16-22)9-5-3-4-6-10-19;/h17H,2-16H2,1H3,(H,20,21);1H. The smallest absolute Gasteiger partial charge is 0.193 e. The summed E-state index contributed by atoms with van der Waals surface area (Å²) >= 11 is 0. The summed E-state index contributed by atoms with van der Waals surface area (Å²) in [7, 11) is -2.81. The summed E-state index contributed by atoms with van der Waals surface area (Å²) < 4.78 is 23.3. The highest BCUT2D eigenvalue weighted by Gasteiger charge is 2.36. The van der Waals surface area contributed by atoms with Gasteiger partial charge in [-0.15, -0.1) is 24.0 Å². The highest BCUT2D eigenvalue weighted by Crippen LogP contribution is 2.42. The summed E-state index contributed by atoms with van der Waals surface area (Å²) in [5.41, 5.74) is 0.488. The van der Waals surface area contributed by atoms with Gasteiger partial charge >= 0.3 is 0 Å². The number of nitrogens with one attached hydrogen (secondary N) is 1. The van der Waals surface area contributed by atoms with Crippen LogP contribution in [-0.2, 0) is 9.84 Å². The van der Waals surface area contributed by atoms with Gasteiger partial charge in [-0.25, -0.2) is 8.42 Å². The zero-order valence-corrected chi connectivity index (χ0v) is 19.4. The van der Waals surface area contributed by atoms with E-state index in [4.69, 9.17) is 4.99 Å². The minimum atomic E-state index is -2.81. The van der Waals surface area contributed by atoms with Gasteiger partial charge in [0.1, 0.15) is 0 Å². The van der Waals surface area contributed by atoms with E-state index in [0.717, 1.165) is 32.0 Å². The molecule has 2 aliphatic heterocycles. The number of halogens is 1. The molecule has 26 heavy (non-hydrogen) atoms. The van der Waals surface area contributed by atoms with Crippen molar-refractivity contribution in [2.75, 3.05) is 37.7 Å². The van der Waals surface area contributed by atoms with Gasteiger partial charge in [-0.3, -0.25) is 4.99 Å². The molecule has 5 nitrogen and oxygen atoms in total. The molecule has 152 valence electrons. The number of aliphatic imine (C=N–C) groups is 1. The maximum absolute atomic E-state index is 11.7. The molecule has 0 radical (unpaired) electrons. The van der Waals surface area contributed by atoms with Crippen molar-refractivity contribution in [3.8, 4) is 0 Å². The summed E-state index contributed by atoms with van der Waals surface area (Å²) in [6.45, 7) is 5.83. The summed E-state index contributed by atoms with van der Waals surface area (Å²) in [5.74, 6) is 1.88. The molecule has 0 aromatic rings. The predicted octanol–water partition coefficient (Wildman–Crippen LogP) is 3.44. The minimum absolute atomic E-state index is 0. The molecule has 2 saturated heterocycles. The van der Waals surface area contributed by atoms with Crippen molar-refractivity contribution < 1.29 is 8.42 Å². The van der Waals surface area contributed by atoms with Gasteiger partial charge in [0.05, 0.1) is 11.5 Å². The quantitative estimate of drug-likeness (QED) is 0.369. The van der Waals surface area contributed by atoms with E-state index in [1.54, 1.807) is 0 Å². The van der Waals surface area contributed by atoms with Gasteiger partial charge in [-0.2, -0.15) is 0 Å². The number of hydrogen-bond acceptors (Lipinski definition) is 3. The van der Waals surface area contributed by atoms with E-state index in [1.807, 2.05) is 0 Å². The number of sulfone groups is 1. The lowest BCUT2D eigenvalue weighted by molar-refractivity contribution is 0.115. The summed E-state index contributed by atoms with van der Waals surface area (Å²) in [5, 5.41) is 3.46. The average Bonchev–Trinajstić information content (AvgIpc) is 2.78. The Hall–Kier alpha value is -0.0500. The van der Waals surface area contributed by atoms with Crippen molar-refractivity contribution in [2.24, 2.45) is 16.3 Å². The second-order valence-corrected chi connectivity index (χ2v) is 10.6. The highest BCUT2D eigenvalue weighted by atomic mass is 127. The fourth-order valence-corrected chi connectivity index (χ4v) is 6.78. The van der Waals surface area contributed by atoms with Gasteiger partial charge in [-0.1, -0.05) is 25.7 Å². The lowest BCUT2D eigenvalue weighted by Gasteiger charge is -2.44. The van der Waals surface area contributed by atoms with Crippen LogP contribution < -0.4 is 5.32 Å². The van der Waals surface area contributed by atoms with Crippen molar-refractivity contribution in [3.63, 3.8) is 0 Å². The van der Waals surface area contributed by atoms with Gasteiger partial charge in [0, 0.05) is 26.2 Å². The first kappa shape index (κ1) is 22.2. The Bertz CT molecular complexity index is 571. The first-order chi connectivity index (χ1) is 12.0. The SMILES string of the molecule is CCNC(=NCC1CCS(=O)(=O)C1)N1CCCC2(CCCCCC2)C1.I. The fourth-order valence-electron chi connectivity index (χ4n) is 4.93. The second-order valence-electron chi connectivity index (χ2n) is 8.40. The van der Waals surface area contributed by atoms with E-state index in [2.05, 4.69) is 17.1 Å². The summed E-state index contributed by atoms with van der Waals surface area (Å²) in [6, 6.07) is 0. The summed E-state index contributed by atoms with van der Waals surface area (Å²) in [4.78, 5) is 7.31. The lowest BCUT2D eigenvalue weighted by atomic mass is 9.74. The van der Waals surface area contributed by atoms with Gasteiger partial charge in [-0.05, 0) is 50.4 Å². The molecule has 1 saturated carbocycles. The van der Waals surface area contributed by atoms with Crippen molar-refractivity contribution in [2.45, 2.75) is 64.7 Å². The molecule has 3 rings (SSSR count). The average molecular weight is 497 g/mol. The van der Waals surface area contributed by atoms with Gasteiger partial charge in [0.25, 0.3) is 0 Å². The summed E-state index contributed by atoms with van der Waals surface area (Å²) in [6.07, 6.45) is 11.7. The molecule has 2 heterocycles. The van der Waals surface area contributed by atoms with Crippen LogP contribution in [0.5, 0.6) is 0 Å². The van der Waals surface area contributed by atoms with Crippen molar-refractivity contribution in [1.82, 2.24) is 10.2 Å². The van der Waals surface area contributed by atoms with E-state index in [9.17, 15) is 8.42 Å². The molecule has 1 atom stereocenters. The largest absolute Gasteiger partial charge is 0.357 e. The number of likely N-dealkylation sites (tertiary alicyclic amines) is 1. The Balaban J connectivity index is 0.00000243. The maximum Gasteiger partial charge on any atom is 0.193 e. The first-order valence-electron chi connectivity index (χ1n) is 10.3. The Morgan fingerprint density at radius 3 is 2.46 bits per heavy atom. The van der Waals surface area contributed by atoms with E-state index < -0.39 is 9.84 Å². The van der Waals surface area contributed by atoms with Gasteiger partial charge in [0.15, 0.2) is 15.8 Å². The topological polar surface area (TPSA) is 61.8 Å². The molecule has 0 bridgehead atoms. The van der Waals surface area contributed by atoms with E-state index in [1.165, 1.54) is 51.4 Å². The van der Waals surface area contributed by atoms with Crippen LogP contribution in [-0.4, -0.2) is 57.0 Å².